The molecule has 5 heteroatoms. The Morgan fingerprint density at radius 2 is 1.71 bits per heavy atom. The van der Waals surface area contributed by atoms with Gasteiger partial charge in [-0.15, -0.1) is 0 Å². The van der Waals surface area contributed by atoms with Crippen molar-refractivity contribution in [1.29, 1.82) is 0 Å². The first kappa shape index (κ1) is 18.5. The van der Waals surface area contributed by atoms with Crippen molar-refractivity contribution in [2.24, 2.45) is 0 Å². The Labute approximate surface area is 144 Å². The summed E-state index contributed by atoms with van der Waals surface area (Å²) in [6.07, 6.45) is 4.46. The van der Waals surface area contributed by atoms with Gasteiger partial charge in [-0.3, -0.25) is 9.78 Å². The fourth-order valence-electron chi connectivity index (χ4n) is 2.38. The summed E-state index contributed by atoms with van der Waals surface area (Å²) in [4.78, 5) is 16.3. The molecule has 0 aliphatic rings. The Morgan fingerprint density at radius 3 is 2.29 bits per heavy atom. The topological polar surface area (TPSA) is 39.2 Å². The van der Waals surface area contributed by atoms with Crippen molar-refractivity contribution in [2.45, 2.75) is 38.4 Å². The summed E-state index contributed by atoms with van der Waals surface area (Å²) in [6.45, 7) is 8.66. The lowest BCUT2D eigenvalue weighted by atomic mass is 10.0. The third-order valence-corrected chi connectivity index (χ3v) is 9.06. The molecule has 0 saturated heterocycles. The van der Waals surface area contributed by atoms with Crippen LogP contribution in [-0.2, 0) is 10.8 Å². The van der Waals surface area contributed by atoms with Gasteiger partial charge in [-0.25, -0.2) is 4.39 Å². The molecule has 0 atom stereocenters. The van der Waals surface area contributed by atoms with Crippen LogP contribution in [0.5, 0.6) is 0 Å². The van der Waals surface area contributed by atoms with E-state index in [2.05, 4.69) is 31.9 Å². The van der Waals surface area contributed by atoms with E-state index in [9.17, 15) is 9.18 Å². The number of nitrogens with zero attached hydrogens (tertiary/aromatic N) is 1. The highest BCUT2D eigenvalue weighted by Gasteiger charge is 2.41. The van der Waals surface area contributed by atoms with Crippen LogP contribution in [0.1, 0.15) is 29.8 Å². The highest BCUT2D eigenvalue weighted by Crippen LogP contribution is 2.40. The molecule has 0 aliphatic carbocycles. The van der Waals surface area contributed by atoms with E-state index in [-0.39, 0.29) is 23.2 Å². The summed E-state index contributed by atoms with van der Waals surface area (Å²) in [6, 6.07) is 9.60. The van der Waals surface area contributed by atoms with Gasteiger partial charge < -0.3 is 4.43 Å². The summed E-state index contributed by atoms with van der Waals surface area (Å²) in [5, 5.41) is -0.0442. The van der Waals surface area contributed by atoms with Gasteiger partial charge >= 0.3 is 0 Å². The summed E-state index contributed by atoms with van der Waals surface area (Å²) in [7, 11) is -2.14. The number of hydrogen-bond acceptors (Lipinski definition) is 3. The molecule has 128 valence electrons. The second-order valence-corrected chi connectivity index (χ2v) is 11.8. The lowest BCUT2D eigenvalue weighted by Crippen LogP contribution is -2.44. The van der Waals surface area contributed by atoms with Gasteiger partial charge in [-0.2, -0.15) is 0 Å². The van der Waals surface area contributed by atoms with Gasteiger partial charge in [0.2, 0.25) is 0 Å². The molecule has 1 aromatic carbocycles. The van der Waals surface area contributed by atoms with Crippen molar-refractivity contribution in [3.05, 3.63) is 65.7 Å². The van der Waals surface area contributed by atoms with Gasteiger partial charge in [0.25, 0.3) is 0 Å². The van der Waals surface area contributed by atoms with Gasteiger partial charge in [0, 0.05) is 18.0 Å². The van der Waals surface area contributed by atoms with E-state index in [0.717, 1.165) is 6.42 Å². The molecule has 1 heterocycles. The van der Waals surface area contributed by atoms with E-state index in [1.165, 1.54) is 29.8 Å². The fraction of sp³-hybridized carbons (Fsp3) is 0.368. The smallest absolute Gasteiger partial charge is 0.193 e. The number of aromatic nitrogens is 1. The monoisotopic (exact) mass is 345 g/mol. The quantitative estimate of drug-likeness (QED) is 0.542. The molecular weight excluding hydrogens is 321 g/mol. The van der Waals surface area contributed by atoms with Gasteiger partial charge in [0.1, 0.15) is 5.82 Å². The average molecular weight is 345 g/mol. The number of benzene rings is 1. The highest BCUT2D eigenvalue weighted by atomic mass is 28.4. The molecule has 2 rings (SSSR count). The predicted molar refractivity (Wildman–Crippen MR) is 96.1 cm³/mol. The SMILES string of the molecule is CC(C)(Cc1ccncc1)[Si](C)(C)OCC(=O)c1ccc(F)cc1. The first-order chi connectivity index (χ1) is 11.2. The van der Waals surface area contributed by atoms with Crippen molar-refractivity contribution in [3.63, 3.8) is 0 Å². The minimum absolute atomic E-state index is 0.0324. The Hall–Kier alpha value is -1.85. The number of hydrogen-bond donors (Lipinski definition) is 0. The minimum atomic E-state index is -2.14. The van der Waals surface area contributed by atoms with Crippen LogP contribution in [0, 0.1) is 5.82 Å². The number of ketones is 1. The Morgan fingerprint density at radius 1 is 1.12 bits per heavy atom. The molecule has 0 unspecified atom stereocenters. The van der Waals surface area contributed by atoms with E-state index in [4.69, 9.17) is 4.43 Å². The molecular formula is C19H24FNO2Si. The first-order valence-electron chi connectivity index (χ1n) is 8.03. The van der Waals surface area contributed by atoms with Gasteiger partial charge in [-0.1, -0.05) is 13.8 Å². The second-order valence-electron chi connectivity index (χ2n) is 7.15. The molecule has 0 bridgehead atoms. The van der Waals surface area contributed by atoms with E-state index in [1.54, 1.807) is 12.4 Å². The van der Waals surface area contributed by atoms with Crippen molar-refractivity contribution in [1.82, 2.24) is 4.98 Å². The predicted octanol–water partition coefficient (Wildman–Crippen LogP) is 4.65. The number of halogens is 1. The highest BCUT2D eigenvalue weighted by molar-refractivity contribution is 6.74. The Kier molecular flexibility index (Phi) is 5.67. The molecule has 0 aliphatic heterocycles. The number of Topliss-reactive ketones (excluding diaryl/α,β-unsaturated/α-hetero) is 1. The zero-order chi connectivity index (χ0) is 17.8. The van der Waals surface area contributed by atoms with Crippen LogP contribution in [0.25, 0.3) is 0 Å². The molecule has 0 spiro atoms. The largest absolute Gasteiger partial charge is 0.409 e. The van der Waals surface area contributed by atoms with Crippen molar-refractivity contribution in [2.75, 3.05) is 6.61 Å². The summed E-state index contributed by atoms with van der Waals surface area (Å²) in [5.41, 5.74) is 1.69. The standard InChI is InChI=1S/C19H24FNO2Si/c1-19(2,13-15-9-11-21-12-10-15)24(3,4)23-14-18(22)16-5-7-17(20)8-6-16/h5-12H,13-14H2,1-4H3. The molecule has 0 fully saturated rings. The zero-order valence-electron chi connectivity index (χ0n) is 14.7. The Bertz CT molecular complexity index is 684. The number of carbonyl (C=O) groups is 1. The Balaban J connectivity index is 2.01. The maximum atomic E-state index is 12.9. The van der Waals surface area contributed by atoms with Crippen LogP contribution >= 0.6 is 0 Å². The van der Waals surface area contributed by atoms with Gasteiger partial charge in [0.15, 0.2) is 14.1 Å². The van der Waals surface area contributed by atoms with E-state index < -0.39 is 8.32 Å². The zero-order valence-corrected chi connectivity index (χ0v) is 15.7. The number of rotatable bonds is 7. The molecule has 0 N–H and O–H groups in total. The van der Waals surface area contributed by atoms with E-state index >= 15 is 0 Å². The maximum absolute atomic E-state index is 12.9. The second kappa shape index (κ2) is 7.36. The van der Waals surface area contributed by atoms with Crippen molar-refractivity contribution < 1.29 is 13.6 Å². The molecule has 24 heavy (non-hydrogen) atoms. The van der Waals surface area contributed by atoms with E-state index in [0.29, 0.717) is 5.56 Å². The third-order valence-electron chi connectivity index (χ3n) is 4.76. The van der Waals surface area contributed by atoms with E-state index in [1.807, 2.05) is 12.1 Å². The van der Waals surface area contributed by atoms with Gasteiger partial charge in [0.05, 0.1) is 6.61 Å². The third kappa shape index (κ3) is 4.58. The molecule has 0 saturated carbocycles. The van der Waals surface area contributed by atoms with Crippen molar-refractivity contribution >= 4 is 14.1 Å². The summed E-state index contributed by atoms with van der Waals surface area (Å²) >= 11 is 0. The lowest BCUT2D eigenvalue weighted by molar-refractivity contribution is 0.0910. The van der Waals surface area contributed by atoms with Crippen LogP contribution in [-0.4, -0.2) is 25.7 Å². The molecule has 3 nitrogen and oxygen atoms in total. The number of pyridine rings is 1. The summed E-state index contributed by atoms with van der Waals surface area (Å²) < 4.78 is 19.0. The van der Waals surface area contributed by atoms with Crippen LogP contribution in [0.2, 0.25) is 18.1 Å². The molecule has 0 radical (unpaired) electrons. The lowest BCUT2D eigenvalue weighted by Gasteiger charge is -2.39. The van der Waals surface area contributed by atoms with Crippen LogP contribution < -0.4 is 0 Å². The van der Waals surface area contributed by atoms with Crippen LogP contribution in [0.15, 0.2) is 48.8 Å². The van der Waals surface area contributed by atoms with Gasteiger partial charge in [-0.05, 0) is 66.5 Å². The first-order valence-corrected chi connectivity index (χ1v) is 10.9. The fourth-order valence-corrected chi connectivity index (χ4v) is 3.90. The van der Waals surface area contributed by atoms with Crippen LogP contribution in [0.4, 0.5) is 4.39 Å². The molecule has 0 amide bonds. The molecule has 2 aromatic rings. The van der Waals surface area contributed by atoms with Crippen LogP contribution in [0.3, 0.4) is 0 Å². The molecule has 1 aromatic heterocycles. The summed E-state index contributed by atoms with van der Waals surface area (Å²) in [5.74, 6) is -0.462. The minimum Gasteiger partial charge on any atom is -0.409 e. The number of carbonyl (C=O) groups excluding carboxylic acids is 1. The average Bonchev–Trinajstić information content (AvgIpc) is 2.54. The normalized spacial score (nSPS) is 12.2. The maximum Gasteiger partial charge on any atom is 0.193 e. The van der Waals surface area contributed by atoms with Crippen molar-refractivity contribution in [3.8, 4) is 0 Å².